The molecule has 1 aliphatic heterocycles. The highest BCUT2D eigenvalue weighted by molar-refractivity contribution is 6.00. The second-order valence-electron chi connectivity index (χ2n) is 10.1. The molecule has 1 aliphatic rings. The molecule has 0 aromatic heterocycles. The molecule has 1 saturated heterocycles. The van der Waals surface area contributed by atoms with Crippen LogP contribution >= 0.6 is 0 Å². The van der Waals surface area contributed by atoms with Crippen molar-refractivity contribution in [2.24, 2.45) is 5.92 Å². The zero-order chi connectivity index (χ0) is 24.9. The Balaban J connectivity index is 2.55. The van der Waals surface area contributed by atoms with Gasteiger partial charge in [0.1, 0.15) is 0 Å². The van der Waals surface area contributed by atoms with Gasteiger partial charge >= 0.3 is 5.97 Å². The summed E-state index contributed by atoms with van der Waals surface area (Å²) < 4.78 is 17.5. The highest BCUT2D eigenvalue weighted by Crippen LogP contribution is 2.24. The summed E-state index contributed by atoms with van der Waals surface area (Å²) in [4.78, 5) is 12.6. The van der Waals surface area contributed by atoms with Crippen LogP contribution in [0.1, 0.15) is 143 Å². The maximum Gasteiger partial charge on any atom is 0.314 e. The first-order valence-corrected chi connectivity index (χ1v) is 14.6. The average Bonchev–Trinajstić information content (AvgIpc) is 2.83. The van der Waals surface area contributed by atoms with Crippen molar-refractivity contribution in [3.05, 3.63) is 0 Å². The number of carbonyl (C=O) groups is 1. The van der Waals surface area contributed by atoms with Crippen molar-refractivity contribution < 1.29 is 19.0 Å². The number of unbranched alkanes of at least 4 members (excludes halogenated alkanes) is 11. The fourth-order valence-electron chi connectivity index (χ4n) is 4.77. The third-order valence-corrected chi connectivity index (χ3v) is 6.90. The summed E-state index contributed by atoms with van der Waals surface area (Å²) in [5, 5.41) is 8.79. The molecule has 200 valence electrons. The molecule has 0 aromatic rings. The third-order valence-electron chi connectivity index (χ3n) is 6.90. The van der Waals surface area contributed by atoms with Crippen molar-refractivity contribution >= 4 is 11.7 Å². The molecule has 5 nitrogen and oxygen atoms in total. The van der Waals surface area contributed by atoms with Gasteiger partial charge in [0, 0.05) is 18.7 Å². The van der Waals surface area contributed by atoms with Gasteiger partial charge in [0.2, 0.25) is 0 Å². The summed E-state index contributed by atoms with van der Waals surface area (Å²) in [5.41, 5.74) is 0.478. The number of nitrogens with one attached hydrogen (secondary N) is 1. The Morgan fingerprint density at radius 1 is 0.853 bits per heavy atom. The van der Waals surface area contributed by atoms with Crippen LogP contribution in [0.25, 0.3) is 0 Å². The molecule has 34 heavy (non-hydrogen) atoms. The summed E-state index contributed by atoms with van der Waals surface area (Å²) in [7, 11) is 0. The van der Waals surface area contributed by atoms with Gasteiger partial charge in [-0.25, -0.2) is 0 Å². The molecule has 0 aliphatic carbocycles. The maximum absolute atomic E-state index is 12.6. The van der Waals surface area contributed by atoms with Crippen molar-refractivity contribution in [1.29, 1.82) is 5.41 Å². The Hall–Kier alpha value is -0.940. The van der Waals surface area contributed by atoms with Crippen molar-refractivity contribution in [2.45, 2.75) is 155 Å². The van der Waals surface area contributed by atoms with Gasteiger partial charge in [-0.1, -0.05) is 97.3 Å². The van der Waals surface area contributed by atoms with Crippen LogP contribution in [0.2, 0.25) is 0 Å². The highest BCUT2D eigenvalue weighted by Gasteiger charge is 2.28. The number of hydrogen-bond donors (Lipinski definition) is 1. The van der Waals surface area contributed by atoms with E-state index in [1.165, 1.54) is 57.8 Å². The van der Waals surface area contributed by atoms with Crippen LogP contribution in [-0.4, -0.2) is 37.3 Å². The van der Waals surface area contributed by atoms with E-state index < -0.39 is 5.92 Å². The van der Waals surface area contributed by atoms with Gasteiger partial charge in [-0.15, -0.1) is 0 Å². The lowest BCUT2D eigenvalue weighted by atomic mass is 9.91. The van der Waals surface area contributed by atoms with Crippen LogP contribution in [0.5, 0.6) is 0 Å². The molecule has 1 fully saturated rings. The molecule has 1 rings (SSSR count). The van der Waals surface area contributed by atoms with E-state index in [2.05, 4.69) is 13.8 Å². The van der Waals surface area contributed by atoms with Crippen LogP contribution in [0.15, 0.2) is 0 Å². The topological polar surface area (TPSA) is 68.6 Å². The Labute approximate surface area is 210 Å². The zero-order valence-corrected chi connectivity index (χ0v) is 22.7. The second kappa shape index (κ2) is 21.4. The van der Waals surface area contributed by atoms with E-state index in [0.717, 1.165) is 58.0 Å². The molecule has 2 unspecified atom stereocenters. The molecular formula is C29H55NO4. The Morgan fingerprint density at radius 3 is 2.03 bits per heavy atom. The summed E-state index contributed by atoms with van der Waals surface area (Å²) in [5.74, 6) is -0.668. The first kappa shape index (κ1) is 31.1. The Morgan fingerprint density at radius 2 is 1.44 bits per heavy atom. The molecule has 1 N–H and O–H groups in total. The molecule has 0 saturated carbocycles. The summed E-state index contributed by atoms with van der Waals surface area (Å²) in [6.07, 6.45) is 21.2. The summed E-state index contributed by atoms with van der Waals surface area (Å²) >= 11 is 0. The lowest BCUT2D eigenvalue weighted by molar-refractivity contribution is -0.188. The smallest absolute Gasteiger partial charge is 0.314 e. The monoisotopic (exact) mass is 481 g/mol. The van der Waals surface area contributed by atoms with Gasteiger partial charge in [0.15, 0.2) is 6.29 Å². The first-order valence-electron chi connectivity index (χ1n) is 14.6. The molecular weight excluding hydrogens is 426 g/mol. The molecule has 0 aromatic carbocycles. The van der Waals surface area contributed by atoms with Crippen LogP contribution in [0, 0.1) is 11.3 Å². The quantitative estimate of drug-likeness (QED) is 0.0957. The van der Waals surface area contributed by atoms with Gasteiger partial charge in [0.05, 0.1) is 18.6 Å². The zero-order valence-electron chi connectivity index (χ0n) is 22.7. The van der Waals surface area contributed by atoms with Crippen molar-refractivity contribution in [2.75, 3.05) is 13.2 Å². The lowest BCUT2D eigenvalue weighted by Gasteiger charge is -2.29. The van der Waals surface area contributed by atoms with Crippen LogP contribution in [0.4, 0.5) is 0 Å². The normalized spacial score (nSPS) is 17.9. The number of hydrogen-bond acceptors (Lipinski definition) is 5. The van der Waals surface area contributed by atoms with Gasteiger partial charge in [-0.05, 0) is 39.0 Å². The molecule has 0 radical (unpaired) electrons. The standard InChI is InChI=1S/C29H55NO4/c1-4-7-9-11-12-13-14-15-16-20-25(34-28-22-18-19-23-33-28)24-27(30)26(29(31)32-6-3)21-17-10-8-5-2/h25-26,28,30H,4-24H2,1-3H3/t25-,26?,28?/m1/s1. The van der Waals surface area contributed by atoms with E-state index in [1.807, 2.05) is 6.92 Å². The Kier molecular flexibility index (Phi) is 19.5. The highest BCUT2D eigenvalue weighted by atomic mass is 16.7. The van der Waals surface area contributed by atoms with Crippen LogP contribution < -0.4 is 0 Å². The fourth-order valence-corrected chi connectivity index (χ4v) is 4.77. The maximum atomic E-state index is 12.6. The average molecular weight is 482 g/mol. The van der Waals surface area contributed by atoms with E-state index in [4.69, 9.17) is 19.6 Å². The number of rotatable bonds is 22. The number of esters is 1. The SMILES string of the molecule is CCCCCCCCCCC[C@H](CC(=N)C(CCCCCC)C(=O)OCC)OC1CCCCO1. The minimum atomic E-state index is -0.432. The fraction of sp³-hybridized carbons (Fsp3) is 0.931. The van der Waals surface area contributed by atoms with Crippen molar-refractivity contribution in [3.8, 4) is 0 Å². The summed E-state index contributed by atoms with van der Waals surface area (Å²) in [6, 6.07) is 0. The Bertz CT molecular complexity index is 504. The first-order chi connectivity index (χ1) is 16.6. The number of carbonyl (C=O) groups excluding carboxylic acids is 1. The molecule has 0 amide bonds. The van der Waals surface area contributed by atoms with E-state index in [0.29, 0.717) is 25.2 Å². The molecule has 0 bridgehead atoms. The van der Waals surface area contributed by atoms with E-state index in [1.54, 1.807) is 0 Å². The summed E-state index contributed by atoms with van der Waals surface area (Å²) in [6.45, 7) is 7.41. The van der Waals surface area contributed by atoms with Gasteiger partial charge in [-0.3, -0.25) is 4.79 Å². The largest absolute Gasteiger partial charge is 0.465 e. The van der Waals surface area contributed by atoms with E-state index >= 15 is 0 Å². The predicted molar refractivity (Wildman–Crippen MR) is 142 cm³/mol. The number of ether oxygens (including phenoxy) is 3. The third kappa shape index (κ3) is 15.1. The molecule has 5 heteroatoms. The lowest BCUT2D eigenvalue weighted by Crippen LogP contribution is -2.33. The van der Waals surface area contributed by atoms with Crippen LogP contribution in [0.3, 0.4) is 0 Å². The van der Waals surface area contributed by atoms with Crippen molar-refractivity contribution in [3.63, 3.8) is 0 Å². The van der Waals surface area contributed by atoms with Gasteiger partial charge in [0.25, 0.3) is 0 Å². The minimum Gasteiger partial charge on any atom is -0.465 e. The molecule has 3 atom stereocenters. The van der Waals surface area contributed by atoms with Crippen LogP contribution in [-0.2, 0) is 19.0 Å². The minimum absolute atomic E-state index is 0.0484. The van der Waals surface area contributed by atoms with E-state index in [-0.39, 0.29) is 18.4 Å². The predicted octanol–water partition coefficient (Wildman–Crippen LogP) is 8.38. The second-order valence-corrected chi connectivity index (χ2v) is 10.1. The van der Waals surface area contributed by atoms with Crippen molar-refractivity contribution in [1.82, 2.24) is 0 Å². The van der Waals surface area contributed by atoms with Gasteiger partial charge in [-0.2, -0.15) is 0 Å². The molecule has 1 heterocycles. The van der Waals surface area contributed by atoms with Gasteiger partial charge < -0.3 is 19.6 Å². The van der Waals surface area contributed by atoms with E-state index in [9.17, 15) is 4.79 Å². The molecule has 0 spiro atoms.